The van der Waals surface area contributed by atoms with E-state index in [0.717, 1.165) is 28.9 Å². The molecule has 1 aliphatic heterocycles. The lowest BCUT2D eigenvalue weighted by Gasteiger charge is -2.31. The second-order valence-corrected chi connectivity index (χ2v) is 7.02. The van der Waals surface area contributed by atoms with Gasteiger partial charge >= 0.3 is 0 Å². The Morgan fingerprint density at radius 3 is 2.68 bits per heavy atom. The van der Waals surface area contributed by atoms with E-state index in [9.17, 15) is 17.2 Å². The fraction of sp³-hybridized carbons (Fsp3) is 0.467. The summed E-state index contributed by atoms with van der Waals surface area (Å²) >= 11 is 0. The molecule has 4 nitrogen and oxygen atoms in total. The van der Waals surface area contributed by atoms with Crippen molar-refractivity contribution in [1.82, 2.24) is 4.31 Å². The fourth-order valence-corrected chi connectivity index (χ4v) is 4.19. The molecule has 1 atom stereocenters. The Kier molecular flexibility index (Phi) is 5.51. The number of halogens is 2. The number of hydrogen-bond donors (Lipinski definition) is 0. The zero-order chi connectivity index (χ0) is 16.2. The Balaban J connectivity index is 2.17. The van der Waals surface area contributed by atoms with E-state index in [1.54, 1.807) is 0 Å². The molecule has 120 valence electrons. The summed E-state index contributed by atoms with van der Waals surface area (Å²) in [4.78, 5) is -0.889. The number of sulfonamides is 1. The number of ether oxygens (including phenoxy) is 1. The maximum absolute atomic E-state index is 13.8. The molecule has 0 amide bonds. The van der Waals surface area contributed by atoms with Gasteiger partial charge in [0, 0.05) is 13.1 Å². The van der Waals surface area contributed by atoms with Gasteiger partial charge in [-0.1, -0.05) is 12.0 Å². The van der Waals surface area contributed by atoms with Crippen molar-refractivity contribution in [3.63, 3.8) is 0 Å². The Bertz CT molecular complexity index is 650. The van der Waals surface area contributed by atoms with E-state index in [2.05, 4.69) is 5.92 Å². The topological polar surface area (TPSA) is 46.6 Å². The third-order valence-electron chi connectivity index (χ3n) is 3.54. The largest absolute Gasteiger partial charge is 0.368 e. The van der Waals surface area contributed by atoms with Gasteiger partial charge < -0.3 is 4.74 Å². The highest BCUT2D eigenvalue weighted by Crippen LogP contribution is 2.27. The van der Waals surface area contributed by atoms with Crippen LogP contribution in [0.3, 0.4) is 0 Å². The molecule has 0 unspecified atom stereocenters. The van der Waals surface area contributed by atoms with Gasteiger partial charge in [-0.2, -0.15) is 4.31 Å². The molecule has 1 aliphatic rings. The predicted octanol–water partition coefficient (Wildman–Crippen LogP) is 2.02. The SMILES string of the molecule is C#CCOC[C@@H]1CCCN(S(=O)(=O)c2c(F)cccc2F)C1. The summed E-state index contributed by atoms with van der Waals surface area (Å²) < 4.78 is 58.8. The second kappa shape index (κ2) is 7.18. The van der Waals surface area contributed by atoms with E-state index < -0.39 is 26.6 Å². The van der Waals surface area contributed by atoms with Crippen molar-refractivity contribution in [3.05, 3.63) is 29.8 Å². The summed E-state index contributed by atoms with van der Waals surface area (Å²) in [5.41, 5.74) is 0. The van der Waals surface area contributed by atoms with Crippen LogP contribution < -0.4 is 0 Å². The Hall–Kier alpha value is -1.49. The molecule has 1 saturated heterocycles. The maximum atomic E-state index is 13.8. The van der Waals surface area contributed by atoms with Crippen LogP contribution in [-0.2, 0) is 14.8 Å². The minimum Gasteiger partial charge on any atom is -0.368 e. The molecule has 1 heterocycles. The van der Waals surface area contributed by atoms with Gasteiger partial charge in [0.05, 0.1) is 6.61 Å². The first-order chi connectivity index (χ1) is 10.5. The van der Waals surface area contributed by atoms with Crippen LogP contribution in [0, 0.1) is 29.9 Å². The van der Waals surface area contributed by atoms with Crippen molar-refractivity contribution < 1.29 is 21.9 Å². The molecule has 0 N–H and O–H groups in total. The number of nitrogens with zero attached hydrogens (tertiary/aromatic N) is 1. The van der Waals surface area contributed by atoms with E-state index in [4.69, 9.17) is 11.2 Å². The van der Waals surface area contributed by atoms with Crippen LogP contribution in [0.1, 0.15) is 12.8 Å². The molecule has 0 saturated carbocycles. The summed E-state index contributed by atoms with van der Waals surface area (Å²) in [6, 6.07) is 3.01. The number of piperidine rings is 1. The Morgan fingerprint density at radius 1 is 1.36 bits per heavy atom. The van der Waals surface area contributed by atoms with E-state index in [-0.39, 0.29) is 25.6 Å². The van der Waals surface area contributed by atoms with Gasteiger partial charge in [0.2, 0.25) is 10.0 Å². The molecule has 0 spiro atoms. The normalized spacial score (nSPS) is 19.8. The van der Waals surface area contributed by atoms with Gasteiger partial charge in [-0.15, -0.1) is 6.42 Å². The third-order valence-corrected chi connectivity index (χ3v) is 5.45. The van der Waals surface area contributed by atoms with Crippen LogP contribution in [0.15, 0.2) is 23.1 Å². The van der Waals surface area contributed by atoms with Crippen LogP contribution in [0.5, 0.6) is 0 Å². The molecule has 1 aromatic rings. The lowest BCUT2D eigenvalue weighted by molar-refractivity contribution is 0.0989. The molecule has 0 bridgehead atoms. The molecule has 7 heteroatoms. The maximum Gasteiger partial charge on any atom is 0.248 e. The van der Waals surface area contributed by atoms with E-state index >= 15 is 0 Å². The van der Waals surface area contributed by atoms with E-state index in [0.29, 0.717) is 13.0 Å². The summed E-state index contributed by atoms with van der Waals surface area (Å²) in [6.45, 7) is 0.892. The molecule has 0 aliphatic carbocycles. The number of benzene rings is 1. The zero-order valence-electron chi connectivity index (χ0n) is 12.0. The van der Waals surface area contributed by atoms with Crippen molar-refractivity contribution in [2.45, 2.75) is 17.7 Å². The number of terminal acetylenes is 1. The highest BCUT2D eigenvalue weighted by atomic mass is 32.2. The molecular weight excluding hydrogens is 312 g/mol. The van der Waals surface area contributed by atoms with Crippen molar-refractivity contribution >= 4 is 10.0 Å². The molecule has 1 fully saturated rings. The molecular formula is C15H17F2NO3S. The van der Waals surface area contributed by atoms with Gasteiger partial charge in [-0.25, -0.2) is 17.2 Å². The monoisotopic (exact) mass is 329 g/mol. The average molecular weight is 329 g/mol. The Morgan fingerprint density at radius 2 is 2.05 bits per heavy atom. The smallest absolute Gasteiger partial charge is 0.248 e. The van der Waals surface area contributed by atoms with Gasteiger partial charge in [-0.3, -0.25) is 0 Å². The minimum absolute atomic E-state index is 0.0355. The van der Waals surface area contributed by atoms with Gasteiger partial charge in [-0.05, 0) is 30.9 Å². The molecule has 0 aromatic heterocycles. The lowest BCUT2D eigenvalue weighted by Crippen LogP contribution is -2.41. The molecule has 2 rings (SSSR count). The highest BCUT2D eigenvalue weighted by molar-refractivity contribution is 7.89. The molecule has 1 aromatic carbocycles. The van der Waals surface area contributed by atoms with E-state index in [1.807, 2.05) is 0 Å². The van der Waals surface area contributed by atoms with Crippen molar-refractivity contribution in [1.29, 1.82) is 0 Å². The highest BCUT2D eigenvalue weighted by Gasteiger charge is 2.34. The molecule has 0 radical (unpaired) electrons. The fourth-order valence-electron chi connectivity index (χ4n) is 2.52. The van der Waals surface area contributed by atoms with Crippen molar-refractivity contribution in [3.8, 4) is 12.3 Å². The van der Waals surface area contributed by atoms with Crippen molar-refractivity contribution in [2.24, 2.45) is 5.92 Å². The third kappa shape index (κ3) is 3.64. The summed E-state index contributed by atoms with van der Waals surface area (Å²) in [5, 5.41) is 0. The zero-order valence-corrected chi connectivity index (χ0v) is 12.8. The van der Waals surface area contributed by atoms with E-state index in [1.165, 1.54) is 0 Å². The lowest BCUT2D eigenvalue weighted by atomic mass is 10.0. The quantitative estimate of drug-likeness (QED) is 0.613. The van der Waals surface area contributed by atoms with Gasteiger partial charge in [0.15, 0.2) is 4.90 Å². The summed E-state index contributed by atoms with van der Waals surface area (Å²) in [6.07, 6.45) is 6.48. The van der Waals surface area contributed by atoms with Crippen LogP contribution in [-0.4, -0.2) is 39.0 Å². The van der Waals surface area contributed by atoms with Crippen molar-refractivity contribution in [2.75, 3.05) is 26.3 Å². The van der Waals surface area contributed by atoms with Crippen LogP contribution in [0.4, 0.5) is 8.78 Å². The predicted molar refractivity (Wildman–Crippen MR) is 77.5 cm³/mol. The van der Waals surface area contributed by atoms with Crippen LogP contribution in [0.2, 0.25) is 0 Å². The second-order valence-electron chi connectivity index (χ2n) is 5.14. The first-order valence-corrected chi connectivity index (χ1v) is 8.36. The number of hydrogen-bond acceptors (Lipinski definition) is 3. The summed E-state index contributed by atoms with van der Waals surface area (Å²) in [5.74, 6) is 0.145. The van der Waals surface area contributed by atoms with Crippen LogP contribution >= 0.6 is 0 Å². The molecule has 22 heavy (non-hydrogen) atoms. The van der Waals surface area contributed by atoms with Crippen LogP contribution in [0.25, 0.3) is 0 Å². The standard InChI is InChI=1S/C15H17F2NO3S/c1-2-9-21-11-12-5-4-8-18(10-12)22(19,20)15-13(16)6-3-7-14(15)17/h1,3,6-7,12H,4-5,8-11H2/t12-/m1/s1. The Labute approximate surface area is 129 Å². The first kappa shape index (κ1) is 16.9. The average Bonchev–Trinajstić information content (AvgIpc) is 2.47. The van der Waals surface area contributed by atoms with Gasteiger partial charge in [0.1, 0.15) is 18.2 Å². The summed E-state index contributed by atoms with van der Waals surface area (Å²) in [7, 11) is -4.20. The number of rotatable bonds is 5. The van der Waals surface area contributed by atoms with Gasteiger partial charge in [0.25, 0.3) is 0 Å². The first-order valence-electron chi connectivity index (χ1n) is 6.92. The minimum atomic E-state index is -4.20.